The lowest BCUT2D eigenvalue weighted by molar-refractivity contribution is -0.137. The Labute approximate surface area is 173 Å². The lowest BCUT2D eigenvalue weighted by Crippen LogP contribution is -2.40. The lowest BCUT2D eigenvalue weighted by atomic mass is 9.78. The van der Waals surface area contributed by atoms with Gasteiger partial charge in [0.15, 0.2) is 5.71 Å². The van der Waals surface area contributed by atoms with E-state index in [0.29, 0.717) is 18.4 Å². The number of aliphatic hydroxyl groups excluding tert-OH is 1. The number of hydrogen-bond donors (Lipinski definition) is 2. The number of benzene rings is 1. The summed E-state index contributed by atoms with van der Waals surface area (Å²) in [6, 6.07) is 5.56. The van der Waals surface area contributed by atoms with E-state index in [1.807, 2.05) is 0 Å². The molecule has 0 spiro atoms. The van der Waals surface area contributed by atoms with Crippen LogP contribution in [0.4, 0.5) is 13.2 Å². The van der Waals surface area contributed by atoms with Gasteiger partial charge in [0.1, 0.15) is 5.76 Å². The number of nitrogens with one attached hydrogen (secondary N) is 1. The maximum absolute atomic E-state index is 13.3. The Balaban J connectivity index is 1.63. The molecule has 1 heterocycles. The SMILES string of the molecule is C=C1C(O)=CN(CC2(c3cccc(C(F)(F)F)c3)CCCC2)N=C1C(=O)NC1CC1. The van der Waals surface area contributed by atoms with Crippen molar-refractivity contribution in [1.29, 1.82) is 0 Å². The zero-order chi connectivity index (χ0) is 21.5. The quantitative estimate of drug-likeness (QED) is 0.743. The number of rotatable bonds is 5. The van der Waals surface area contributed by atoms with Gasteiger partial charge in [-0.1, -0.05) is 37.6 Å². The summed E-state index contributed by atoms with van der Waals surface area (Å²) in [5.41, 5.74) is -0.433. The highest BCUT2D eigenvalue weighted by Gasteiger charge is 2.40. The Morgan fingerprint density at radius 2 is 2.00 bits per heavy atom. The number of aliphatic hydroxyl groups is 1. The van der Waals surface area contributed by atoms with Gasteiger partial charge in [-0.15, -0.1) is 0 Å². The first-order valence-electron chi connectivity index (χ1n) is 10.1. The molecule has 0 saturated heterocycles. The van der Waals surface area contributed by atoms with E-state index in [1.54, 1.807) is 6.07 Å². The third kappa shape index (κ3) is 4.08. The largest absolute Gasteiger partial charge is 0.506 e. The van der Waals surface area contributed by atoms with Crippen LogP contribution < -0.4 is 5.32 Å². The second-order valence-electron chi connectivity index (χ2n) is 8.35. The van der Waals surface area contributed by atoms with Gasteiger partial charge in [0.2, 0.25) is 0 Å². The van der Waals surface area contributed by atoms with Crippen molar-refractivity contribution in [3.05, 3.63) is 59.5 Å². The summed E-state index contributed by atoms with van der Waals surface area (Å²) in [7, 11) is 0. The Kier molecular flexibility index (Phi) is 5.11. The van der Waals surface area contributed by atoms with Crippen LogP contribution in [0.15, 0.2) is 53.5 Å². The molecule has 30 heavy (non-hydrogen) atoms. The molecular weight excluding hydrogens is 395 g/mol. The minimum absolute atomic E-state index is 0.0408. The maximum atomic E-state index is 13.3. The average molecular weight is 419 g/mol. The minimum Gasteiger partial charge on any atom is -0.506 e. The van der Waals surface area contributed by atoms with E-state index in [2.05, 4.69) is 17.0 Å². The van der Waals surface area contributed by atoms with E-state index in [1.165, 1.54) is 23.3 Å². The van der Waals surface area contributed by atoms with E-state index in [-0.39, 0.29) is 29.6 Å². The predicted molar refractivity (Wildman–Crippen MR) is 107 cm³/mol. The minimum atomic E-state index is -4.41. The summed E-state index contributed by atoms with van der Waals surface area (Å²) in [4.78, 5) is 12.5. The van der Waals surface area contributed by atoms with E-state index >= 15 is 0 Å². The van der Waals surface area contributed by atoms with Crippen LogP contribution in [0.1, 0.15) is 49.7 Å². The van der Waals surface area contributed by atoms with Crippen molar-refractivity contribution in [2.24, 2.45) is 5.10 Å². The summed E-state index contributed by atoms with van der Waals surface area (Å²) in [6.07, 6.45) is 2.01. The molecule has 1 amide bonds. The van der Waals surface area contributed by atoms with Crippen molar-refractivity contribution in [3.63, 3.8) is 0 Å². The number of nitrogens with zero attached hydrogens (tertiary/aromatic N) is 2. The molecule has 0 bridgehead atoms. The van der Waals surface area contributed by atoms with E-state index in [0.717, 1.165) is 31.7 Å². The summed E-state index contributed by atoms with van der Waals surface area (Å²) in [5.74, 6) is -0.560. The molecule has 2 fully saturated rings. The fourth-order valence-electron chi connectivity index (χ4n) is 4.23. The fraction of sp³-hybridized carbons (Fsp3) is 0.455. The summed E-state index contributed by atoms with van der Waals surface area (Å²) in [6.45, 7) is 4.01. The van der Waals surface area contributed by atoms with Gasteiger partial charge in [-0.05, 0) is 37.3 Å². The van der Waals surface area contributed by atoms with Gasteiger partial charge in [0, 0.05) is 17.0 Å². The van der Waals surface area contributed by atoms with Gasteiger partial charge in [-0.25, -0.2) is 0 Å². The zero-order valence-corrected chi connectivity index (χ0v) is 16.5. The molecular formula is C22H24F3N3O2. The number of alkyl halides is 3. The van der Waals surface area contributed by atoms with Gasteiger partial charge >= 0.3 is 6.18 Å². The second-order valence-corrected chi connectivity index (χ2v) is 8.35. The Hall–Kier alpha value is -2.77. The molecule has 1 aromatic rings. The zero-order valence-electron chi connectivity index (χ0n) is 16.5. The molecule has 0 unspecified atom stereocenters. The average Bonchev–Trinajstić information content (AvgIpc) is 3.38. The van der Waals surface area contributed by atoms with Crippen molar-refractivity contribution in [2.45, 2.75) is 56.2 Å². The van der Waals surface area contributed by atoms with Gasteiger partial charge in [-0.3, -0.25) is 9.80 Å². The van der Waals surface area contributed by atoms with Crippen molar-refractivity contribution < 1.29 is 23.1 Å². The fourth-order valence-corrected chi connectivity index (χ4v) is 4.23. The number of allylic oxidation sites excluding steroid dienone is 1. The van der Waals surface area contributed by atoms with Crippen LogP contribution in [-0.2, 0) is 16.4 Å². The number of carbonyl (C=O) groups excluding carboxylic acids is 1. The lowest BCUT2D eigenvalue weighted by Gasteiger charge is -2.35. The predicted octanol–water partition coefficient (Wildman–Crippen LogP) is 4.42. The Morgan fingerprint density at radius 3 is 2.63 bits per heavy atom. The first kappa shape index (κ1) is 20.5. The van der Waals surface area contributed by atoms with Crippen molar-refractivity contribution in [3.8, 4) is 0 Å². The number of hydrogen-bond acceptors (Lipinski definition) is 4. The first-order chi connectivity index (χ1) is 14.2. The summed E-state index contributed by atoms with van der Waals surface area (Å²) >= 11 is 0. The number of carbonyl (C=O) groups is 1. The van der Waals surface area contributed by atoms with E-state index < -0.39 is 23.1 Å². The van der Waals surface area contributed by atoms with Crippen molar-refractivity contribution in [1.82, 2.24) is 10.3 Å². The summed E-state index contributed by atoms with van der Waals surface area (Å²) in [5, 5.41) is 19.0. The number of halogens is 3. The smallest absolute Gasteiger partial charge is 0.416 e. The maximum Gasteiger partial charge on any atom is 0.416 e. The monoisotopic (exact) mass is 419 g/mol. The highest BCUT2D eigenvalue weighted by Crippen LogP contribution is 2.44. The van der Waals surface area contributed by atoms with Crippen molar-refractivity contribution in [2.75, 3.05) is 6.54 Å². The molecule has 2 aliphatic carbocycles. The third-order valence-corrected chi connectivity index (χ3v) is 6.05. The summed E-state index contributed by atoms with van der Waals surface area (Å²) < 4.78 is 39.8. The molecule has 0 aromatic heterocycles. The van der Waals surface area contributed by atoms with E-state index in [9.17, 15) is 23.1 Å². The molecule has 4 rings (SSSR count). The molecule has 3 aliphatic rings. The molecule has 160 valence electrons. The first-order valence-corrected chi connectivity index (χ1v) is 10.1. The van der Waals surface area contributed by atoms with Crippen LogP contribution in [0.3, 0.4) is 0 Å². The molecule has 1 aromatic carbocycles. The van der Waals surface area contributed by atoms with Crippen molar-refractivity contribution >= 4 is 11.6 Å². The number of amides is 1. The molecule has 0 radical (unpaired) electrons. The normalized spacial score (nSPS) is 21.3. The standard InChI is InChI=1S/C22H24F3N3O2/c1-14-18(29)12-28(27-19(14)20(30)26-17-7-8-17)13-21(9-2-3-10-21)15-5-4-6-16(11-15)22(23,24)25/h4-6,11-12,17,29H,1-3,7-10,13H2,(H,26,30). The van der Waals surface area contributed by atoms with Crippen LogP contribution >= 0.6 is 0 Å². The number of hydrazone groups is 1. The van der Waals surface area contributed by atoms with Crippen LogP contribution in [0, 0.1) is 0 Å². The highest BCUT2D eigenvalue weighted by molar-refractivity contribution is 6.46. The topological polar surface area (TPSA) is 64.9 Å². The Bertz CT molecular complexity index is 926. The Morgan fingerprint density at radius 1 is 1.30 bits per heavy atom. The highest BCUT2D eigenvalue weighted by atomic mass is 19.4. The van der Waals surface area contributed by atoms with Crippen LogP contribution in [0.2, 0.25) is 0 Å². The molecule has 1 aliphatic heterocycles. The molecule has 8 heteroatoms. The van der Waals surface area contributed by atoms with Crippen LogP contribution in [0.25, 0.3) is 0 Å². The van der Waals surface area contributed by atoms with Gasteiger partial charge in [-0.2, -0.15) is 18.3 Å². The van der Waals surface area contributed by atoms with Crippen LogP contribution in [-0.4, -0.2) is 34.3 Å². The molecule has 0 atom stereocenters. The molecule has 5 nitrogen and oxygen atoms in total. The van der Waals surface area contributed by atoms with Crippen LogP contribution in [0.5, 0.6) is 0 Å². The second kappa shape index (κ2) is 7.49. The third-order valence-electron chi connectivity index (χ3n) is 6.05. The molecule has 2 saturated carbocycles. The van der Waals surface area contributed by atoms with E-state index in [4.69, 9.17) is 0 Å². The molecule has 2 N–H and O–H groups in total. The van der Waals surface area contributed by atoms with Gasteiger partial charge in [0.05, 0.1) is 18.3 Å². The van der Waals surface area contributed by atoms with Gasteiger partial charge in [0.25, 0.3) is 5.91 Å². The van der Waals surface area contributed by atoms with Gasteiger partial charge < -0.3 is 10.4 Å².